The van der Waals surface area contributed by atoms with Crippen LogP contribution < -0.4 is 16.4 Å². The highest BCUT2D eigenvalue weighted by molar-refractivity contribution is 14.1. The Hall–Kier alpha value is -1.52. The molecule has 4 N–H and O–H groups in total. The minimum atomic E-state index is -0.327. The van der Waals surface area contributed by atoms with E-state index in [1.807, 2.05) is 12.3 Å². The first kappa shape index (κ1) is 21.7. The van der Waals surface area contributed by atoms with E-state index in [1.54, 1.807) is 6.07 Å². The van der Waals surface area contributed by atoms with Crippen molar-refractivity contribution >= 4 is 34.2 Å². The first-order valence-electron chi connectivity index (χ1n) is 10.7. The predicted octanol–water partition coefficient (Wildman–Crippen LogP) is 4.41. The maximum atomic E-state index is 14.4. The lowest BCUT2D eigenvalue weighted by Crippen LogP contribution is -2.33. The van der Waals surface area contributed by atoms with Gasteiger partial charge in [-0.2, -0.15) is 0 Å². The maximum Gasteiger partial charge on any atom is 0.165 e. The van der Waals surface area contributed by atoms with Crippen LogP contribution in [0.25, 0.3) is 11.3 Å². The predicted molar refractivity (Wildman–Crippen MR) is 126 cm³/mol. The molecule has 1 saturated heterocycles. The Morgan fingerprint density at radius 1 is 1.13 bits per heavy atom. The second-order valence-electron chi connectivity index (χ2n) is 8.27. The van der Waals surface area contributed by atoms with Gasteiger partial charge in [-0.1, -0.05) is 0 Å². The molecule has 0 radical (unpaired) electrons. The molecule has 1 saturated carbocycles. The molecule has 1 aliphatic carbocycles. The number of ether oxygens (including phenoxy) is 1. The molecule has 30 heavy (non-hydrogen) atoms. The van der Waals surface area contributed by atoms with E-state index in [0.29, 0.717) is 30.4 Å². The molecule has 2 aromatic rings. The smallest absolute Gasteiger partial charge is 0.165 e. The van der Waals surface area contributed by atoms with Crippen LogP contribution >= 0.6 is 22.6 Å². The Bertz CT molecular complexity index is 853. The van der Waals surface area contributed by atoms with Crippen molar-refractivity contribution in [3.05, 3.63) is 33.8 Å². The standard InChI is InChI=1S/C22H29FIN5O/c23-18-5-6-20(29-22(18)27-12-14-7-9-30-10-8-14)17-11-21(26-13-19(17)24)28-16-3-1-15(25)2-4-16/h5-6,11,13-16H,1-4,7-10,12,25H2,(H,26,28)(H,27,29). The van der Waals surface area contributed by atoms with Crippen molar-refractivity contribution < 1.29 is 9.13 Å². The minimum Gasteiger partial charge on any atom is -0.381 e. The molecule has 1 aliphatic heterocycles. The first-order valence-corrected chi connectivity index (χ1v) is 11.8. The number of hydrogen-bond acceptors (Lipinski definition) is 6. The first-order chi connectivity index (χ1) is 14.6. The third kappa shape index (κ3) is 5.59. The van der Waals surface area contributed by atoms with E-state index in [1.165, 1.54) is 6.07 Å². The highest BCUT2D eigenvalue weighted by Gasteiger charge is 2.20. The zero-order valence-corrected chi connectivity index (χ0v) is 19.2. The largest absolute Gasteiger partial charge is 0.381 e. The summed E-state index contributed by atoms with van der Waals surface area (Å²) in [6.07, 6.45) is 8.02. The average Bonchev–Trinajstić information content (AvgIpc) is 2.77. The summed E-state index contributed by atoms with van der Waals surface area (Å²) >= 11 is 2.26. The van der Waals surface area contributed by atoms with Crippen molar-refractivity contribution in [2.45, 2.75) is 50.6 Å². The van der Waals surface area contributed by atoms with Gasteiger partial charge in [0.25, 0.3) is 0 Å². The van der Waals surface area contributed by atoms with Gasteiger partial charge < -0.3 is 21.1 Å². The fourth-order valence-electron chi connectivity index (χ4n) is 4.09. The van der Waals surface area contributed by atoms with Gasteiger partial charge in [0.1, 0.15) is 5.82 Å². The number of nitrogens with one attached hydrogen (secondary N) is 2. The van der Waals surface area contributed by atoms with E-state index in [2.05, 4.69) is 43.2 Å². The molecule has 0 atom stereocenters. The summed E-state index contributed by atoms with van der Waals surface area (Å²) in [6.45, 7) is 2.27. The third-order valence-corrected chi connectivity index (χ3v) is 6.86. The van der Waals surface area contributed by atoms with Gasteiger partial charge in [-0.05, 0) is 85.2 Å². The molecule has 2 fully saturated rings. The van der Waals surface area contributed by atoms with Crippen molar-refractivity contribution in [1.29, 1.82) is 0 Å². The summed E-state index contributed by atoms with van der Waals surface area (Å²) in [7, 11) is 0. The Kier molecular flexibility index (Phi) is 7.37. The molecular weight excluding hydrogens is 496 g/mol. The van der Waals surface area contributed by atoms with Crippen LogP contribution in [0.5, 0.6) is 0 Å². The van der Waals surface area contributed by atoms with Crippen molar-refractivity contribution in [3.63, 3.8) is 0 Å². The number of hydrogen-bond donors (Lipinski definition) is 3. The highest BCUT2D eigenvalue weighted by atomic mass is 127. The summed E-state index contributed by atoms with van der Waals surface area (Å²) in [5, 5.41) is 6.74. The molecule has 3 heterocycles. The van der Waals surface area contributed by atoms with E-state index in [0.717, 1.165) is 72.4 Å². The Morgan fingerprint density at radius 3 is 2.67 bits per heavy atom. The number of rotatable bonds is 6. The van der Waals surface area contributed by atoms with Crippen molar-refractivity contribution in [3.8, 4) is 11.3 Å². The summed E-state index contributed by atoms with van der Waals surface area (Å²) in [5.41, 5.74) is 7.71. The Morgan fingerprint density at radius 2 is 1.90 bits per heavy atom. The topological polar surface area (TPSA) is 85.1 Å². The van der Waals surface area contributed by atoms with Gasteiger partial charge in [0.15, 0.2) is 11.6 Å². The molecule has 2 aromatic heterocycles. The van der Waals surface area contributed by atoms with Crippen molar-refractivity contribution in [2.24, 2.45) is 11.7 Å². The van der Waals surface area contributed by atoms with Gasteiger partial charge in [-0.25, -0.2) is 14.4 Å². The van der Waals surface area contributed by atoms with Crippen molar-refractivity contribution in [1.82, 2.24) is 9.97 Å². The van der Waals surface area contributed by atoms with Gasteiger partial charge in [-0.3, -0.25) is 0 Å². The second-order valence-corrected chi connectivity index (χ2v) is 9.43. The minimum absolute atomic E-state index is 0.308. The zero-order valence-electron chi connectivity index (χ0n) is 17.0. The molecule has 0 spiro atoms. The van der Waals surface area contributed by atoms with Crippen LogP contribution in [0.15, 0.2) is 24.4 Å². The third-order valence-electron chi connectivity index (χ3n) is 6.00. The lowest BCUT2D eigenvalue weighted by Gasteiger charge is -2.27. The van der Waals surface area contributed by atoms with E-state index in [4.69, 9.17) is 10.5 Å². The van der Waals surface area contributed by atoms with Crippen LogP contribution in [-0.2, 0) is 4.74 Å². The number of anilines is 2. The van der Waals surface area contributed by atoms with Gasteiger partial charge in [0.2, 0.25) is 0 Å². The van der Waals surface area contributed by atoms with Crippen LogP contribution in [-0.4, -0.2) is 41.8 Å². The van der Waals surface area contributed by atoms with E-state index in [-0.39, 0.29) is 5.82 Å². The number of halogens is 2. The second kappa shape index (κ2) is 10.2. The molecule has 4 rings (SSSR count). The number of aromatic nitrogens is 2. The van der Waals surface area contributed by atoms with Gasteiger partial charge in [0.05, 0.1) is 5.69 Å². The fourth-order valence-corrected chi connectivity index (χ4v) is 4.67. The summed E-state index contributed by atoms with van der Waals surface area (Å²) in [4.78, 5) is 9.13. The molecule has 162 valence electrons. The van der Waals surface area contributed by atoms with Crippen LogP contribution in [0.1, 0.15) is 38.5 Å². The van der Waals surface area contributed by atoms with Crippen LogP contribution in [0.4, 0.5) is 16.0 Å². The SMILES string of the molecule is NC1CCC(Nc2cc(-c3ccc(F)c(NCC4CCOCC4)n3)c(I)cn2)CC1. The normalized spacial score (nSPS) is 22.6. The van der Waals surface area contributed by atoms with Gasteiger partial charge in [0, 0.05) is 47.2 Å². The lowest BCUT2D eigenvalue weighted by molar-refractivity contribution is 0.0699. The molecule has 8 heteroatoms. The summed E-state index contributed by atoms with van der Waals surface area (Å²) in [6, 6.07) is 5.94. The molecule has 0 bridgehead atoms. The number of nitrogens with zero attached hydrogens (tertiary/aromatic N) is 2. The van der Waals surface area contributed by atoms with Gasteiger partial charge in [-0.15, -0.1) is 0 Å². The van der Waals surface area contributed by atoms with Crippen LogP contribution in [0.2, 0.25) is 0 Å². The molecule has 0 amide bonds. The molecule has 6 nitrogen and oxygen atoms in total. The molecule has 2 aliphatic rings. The summed E-state index contributed by atoms with van der Waals surface area (Å²) < 4.78 is 20.8. The summed E-state index contributed by atoms with van der Waals surface area (Å²) in [5.74, 6) is 1.30. The highest BCUT2D eigenvalue weighted by Crippen LogP contribution is 2.29. The quantitative estimate of drug-likeness (QED) is 0.485. The van der Waals surface area contributed by atoms with E-state index >= 15 is 0 Å². The Balaban J connectivity index is 1.48. The van der Waals surface area contributed by atoms with Gasteiger partial charge >= 0.3 is 0 Å². The zero-order chi connectivity index (χ0) is 20.9. The van der Waals surface area contributed by atoms with Crippen LogP contribution in [0, 0.1) is 15.3 Å². The molecule has 0 aromatic carbocycles. The monoisotopic (exact) mass is 525 g/mol. The fraction of sp³-hybridized carbons (Fsp3) is 0.545. The average molecular weight is 525 g/mol. The maximum absolute atomic E-state index is 14.4. The lowest BCUT2D eigenvalue weighted by atomic mass is 9.92. The van der Waals surface area contributed by atoms with Crippen LogP contribution in [0.3, 0.4) is 0 Å². The number of pyridine rings is 2. The molecule has 0 unspecified atom stereocenters. The van der Waals surface area contributed by atoms with E-state index in [9.17, 15) is 4.39 Å². The number of nitrogens with two attached hydrogens (primary N) is 1. The molecular formula is C22H29FIN5O. The van der Waals surface area contributed by atoms with Crippen molar-refractivity contribution in [2.75, 3.05) is 30.4 Å². The van der Waals surface area contributed by atoms with E-state index < -0.39 is 0 Å². The Labute approximate surface area is 190 Å².